The number of anilines is 1. The highest BCUT2D eigenvalue weighted by molar-refractivity contribution is 7.92. The van der Waals surface area contributed by atoms with Crippen molar-refractivity contribution >= 4 is 15.7 Å². The van der Waals surface area contributed by atoms with Crippen LogP contribution in [0.5, 0.6) is 5.75 Å². The van der Waals surface area contributed by atoms with Crippen molar-refractivity contribution in [2.45, 2.75) is 71.3 Å². The van der Waals surface area contributed by atoms with Gasteiger partial charge in [-0.25, -0.2) is 8.42 Å². The molecule has 0 spiro atoms. The molecule has 0 aliphatic carbocycles. The first-order valence-electron chi connectivity index (χ1n) is 11.5. The zero-order valence-electron chi connectivity index (χ0n) is 19.8. The molecule has 0 saturated carbocycles. The Labute approximate surface area is 193 Å². The molecular formula is C25H37N3O3S. The van der Waals surface area contributed by atoms with Crippen LogP contribution >= 0.6 is 0 Å². The number of nitrogens with one attached hydrogen (secondary N) is 2. The molecule has 1 fully saturated rings. The molecule has 32 heavy (non-hydrogen) atoms. The van der Waals surface area contributed by atoms with Gasteiger partial charge in [-0.15, -0.1) is 0 Å². The summed E-state index contributed by atoms with van der Waals surface area (Å²) in [7, 11) is -3.39. The van der Waals surface area contributed by atoms with Crippen LogP contribution in [-0.2, 0) is 16.6 Å². The number of ether oxygens (including phenoxy) is 1. The minimum atomic E-state index is -3.39. The van der Waals surface area contributed by atoms with Crippen molar-refractivity contribution in [3.63, 3.8) is 0 Å². The van der Waals surface area contributed by atoms with Crippen molar-refractivity contribution in [2.24, 2.45) is 0 Å². The number of benzene rings is 2. The summed E-state index contributed by atoms with van der Waals surface area (Å²) in [5, 5.41) is 7.38. The van der Waals surface area contributed by atoms with Crippen molar-refractivity contribution in [2.75, 3.05) is 17.1 Å². The largest absolute Gasteiger partial charge is 0.491 e. The fourth-order valence-electron chi connectivity index (χ4n) is 4.44. The summed E-state index contributed by atoms with van der Waals surface area (Å²) in [5.74, 6) is 0.786. The van der Waals surface area contributed by atoms with Gasteiger partial charge in [-0.05, 0) is 70.8 Å². The Kier molecular flexibility index (Phi) is 8.20. The normalized spacial score (nSPS) is 19.3. The van der Waals surface area contributed by atoms with Crippen LogP contribution in [0.4, 0.5) is 5.69 Å². The molecule has 2 aromatic carbocycles. The third-order valence-electron chi connectivity index (χ3n) is 5.66. The van der Waals surface area contributed by atoms with E-state index < -0.39 is 10.0 Å². The summed E-state index contributed by atoms with van der Waals surface area (Å²) < 4.78 is 32.4. The van der Waals surface area contributed by atoms with Crippen molar-refractivity contribution < 1.29 is 13.2 Å². The van der Waals surface area contributed by atoms with E-state index in [9.17, 15) is 8.42 Å². The molecule has 0 amide bonds. The second-order valence-corrected chi connectivity index (χ2v) is 10.9. The number of hydrogen-bond donors (Lipinski definition) is 2. The number of piperidine rings is 1. The van der Waals surface area contributed by atoms with E-state index in [1.54, 1.807) is 0 Å². The second-order valence-electron chi connectivity index (χ2n) is 9.08. The van der Waals surface area contributed by atoms with Gasteiger partial charge in [0.2, 0.25) is 10.0 Å². The maximum absolute atomic E-state index is 12.4. The lowest BCUT2D eigenvalue weighted by Crippen LogP contribution is -2.45. The molecule has 2 atom stereocenters. The zero-order chi connectivity index (χ0) is 23.3. The minimum Gasteiger partial charge on any atom is -0.491 e. The monoisotopic (exact) mass is 459 g/mol. The van der Waals surface area contributed by atoms with Crippen molar-refractivity contribution in [1.29, 1.82) is 0 Å². The minimum absolute atomic E-state index is 0.0316. The first kappa shape index (κ1) is 24.6. The number of nitrogens with zero attached hydrogens (tertiary/aromatic N) is 1. The van der Waals surface area contributed by atoms with E-state index in [1.165, 1.54) is 16.1 Å². The molecule has 1 aliphatic rings. The molecule has 2 N–H and O–H groups in total. The lowest BCUT2D eigenvalue weighted by atomic mass is 9.92. The van der Waals surface area contributed by atoms with Crippen LogP contribution in [0.15, 0.2) is 48.5 Å². The Morgan fingerprint density at radius 1 is 1.12 bits per heavy atom. The SMILES string of the molecule is CC(C)Oc1ccc(N(C(C)C)S(C)(=O)=O)cc1CN[C@H]1CCCN[C@H]1c1ccccc1. The van der Waals surface area contributed by atoms with Gasteiger partial charge >= 0.3 is 0 Å². The fourth-order valence-corrected chi connectivity index (χ4v) is 5.70. The highest BCUT2D eigenvalue weighted by atomic mass is 32.2. The fraction of sp³-hybridized carbons (Fsp3) is 0.520. The summed E-state index contributed by atoms with van der Waals surface area (Å²) in [6.07, 6.45) is 3.48. The van der Waals surface area contributed by atoms with E-state index in [-0.39, 0.29) is 24.2 Å². The Hall–Kier alpha value is -2.09. The third-order valence-corrected chi connectivity index (χ3v) is 7.01. The summed E-state index contributed by atoms with van der Waals surface area (Å²) in [4.78, 5) is 0. The second kappa shape index (κ2) is 10.7. The van der Waals surface area contributed by atoms with Gasteiger partial charge in [-0.3, -0.25) is 4.31 Å². The molecule has 6 nitrogen and oxygen atoms in total. The van der Waals surface area contributed by atoms with Gasteiger partial charge in [0.15, 0.2) is 0 Å². The molecule has 176 valence electrons. The molecule has 2 aromatic rings. The van der Waals surface area contributed by atoms with E-state index in [0.29, 0.717) is 12.2 Å². The van der Waals surface area contributed by atoms with Gasteiger partial charge < -0.3 is 15.4 Å². The van der Waals surface area contributed by atoms with Crippen molar-refractivity contribution in [1.82, 2.24) is 10.6 Å². The van der Waals surface area contributed by atoms with Gasteiger partial charge in [0, 0.05) is 30.2 Å². The Morgan fingerprint density at radius 2 is 1.84 bits per heavy atom. The van der Waals surface area contributed by atoms with Crippen LogP contribution in [0, 0.1) is 0 Å². The molecule has 1 heterocycles. The van der Waals surface area contributed by atoms with Crippen LogP contribution in [0.3, 0.4) is 0 Å². The molecule has 1 aliphatic heterocycles. The van der Waals surface area contributed by atoms with Crippen LogP contribution in [0.25, 0.3) is 0 Å². The highest BCUT2D eigenvalue weighted by Gasteiger charge is 2.27. The molecule has 0 radical (unpaired) electrons. The van der Waals surface area contributed by atoms with E-state index in [0.717, 1.165) is 30.7 Å². The van der Waals surface area contributed by atoms with E-state index in [1.807, 2.05) is 52.0 Å². The average Bonchev–Trinajstić information content (AvgIpc) is 2.73. The van der Waals surface area contributed by atoms with Crippen LogP contribution in [0.1, 0.15) is 57.7 Å². The van der Waals surface area contributed by atoms with Gasteiger partial charge in [0.05, 0.1) is 18.0 Å². The Bertz CT molecular complexity index is 977. The number of sulfonamides is 1. The molecule has 0 unspecified atom stereocenters. The molecular weight excluding hydrogens is 422 g/mol. The van der Waals surface area contributed by atoms with E-state index in [4.69, 9.17) is 4.74 Å². The van der Waals surface area contributed by atoms with Gasteiger partial charge in [0.1, 0.15) is 5.75 Å². The highest BCUT2D eigenvalue weighted by Crippen LogP contribution is 2.30. The molecule has 1 saturated heterocycles. The number of hydrogen-bond acceptors (Lipinski definition) is 5. The molecule has 7 heteroatoms. The van der Waals surface area contributed by atoms with E-state index >= 15 is 0 Å². The van der Waals surface area contributed by atoms with Crippen LogP contribution < -0.4 is 19.7 Å². The summed E-state index contributed by atoms with van der Waals surface area (Å²) in [6.45, 7) is 9.37. The first-order chi connectivity index (χ1) is 15.2. The maximum Gasteiger partial charge on any atom is 0.232 e. The quantitative estimate of drug-likeness (QED) is 0.587. The first-order valence-corrected chi connectivity index (χ1v) is 13.3. The third kappa shape index (κ3) is 6.24. The lowest BCUT2D eigenvalue weighted by Gasteiger charge is -2.34. The molecule has 0 bridgehead atoms. The van der Waals surface area contributed by atoms with E-state index in [2.05, 4.69) is 34.9 Å². The molecule has 3 rings (SSSR count). The summed E-state index contributed by atoms with van der Waals surface area (Å²) >= 11 is 0. The summed E-state index contributed by atoms with van der Waals surface area (Å²) in [6, 6.07) is 16.5. The Balaban J connectivity index is 1.87. The topological polar surface area (TPSA) is 70.7 Å². The predicted molar refractivity (Wildman–Crippen MR) is 132 cm³/mol. The standard InChI is InChI=1S/C25H37N3O3S/c1-18(2)28(32(5,29)30)22-13-14-24(31-19(3)4)21(16-22)17-27-23-12-9-15-26-25(23)20-10-7-6-8-11-20/h6-8,10-11,13-14,16,18-19,23,25-27H,9,12,15,17H2,1-5H3/t23-,25-/m0/s1. The van der Waals surface area contributed by atoms with Gasteiger partial charge in [-0.2, -0.15) is 0 Å². The lowest BCUT2D eigenvalue weighted by molar-refractivity contribution is 0.238. The van der Waals surface area contributed by atoms with Gasteiger partial charge in [0.25, 0.3) is 0 Å². The predicted octanol–water partition coefficient (Wildman–Crippen LogP) is 4.23. The van der Waals surface area contributed by atoms with Crippen molar-refractivity contribution in [3.8, 4) is 5.75 Å². The smallest absolute Gasteiger partial charge is 0.232 e. The average molecular weight is 460 g/mol. The van der Waals surface area contributed by atoms with Gasteiger partial charge in [-0.1, -0.05) is 30.3 Å². The van der Waals surface area contributed by atoms with Crippen LogP contribution in [0.2, 0.25) is 0 Å². The molecule has 0 aromatic heterocycles. The zero-order valence-corrected chi connectivity index (χ0v) is 20.7. The Morgan fingerprint density at radius 3 is 2.47 bits per heavy atom. The van der Waals surface area contributed by atoms with Crippen molar-refractivity contribution in [3.05, 3.63) is 59.7 Å². The summed E-state index contributed by atoms with van der Waals surface area (Å²) in [5.41, 5.74) is 2.90. The maximum atomic E-state index is 12.4. The van der Waals surface area contributed by atoms with Crippen LogP contribution in [-0.4, -0.2) is 39.4 Å². The number of rotatable bonds is 9.